The molecule has 1 aliphatic rings. The van der Waals surface area contributed by atoms with Crippen LogP contribution in [0.5, 0.6) is 0 Å². The Morgan fingerprint density at radius 1 is 1.17 bits per heavy atom. The minimum absolute atomic E-state index is 0.198. The first-order valence-electron chi connectivity index (χ1n) is 8.22. The minimum atomic E-state index is -0.228. The Kier molecular flexibility index (Phi) is 5.39. The van der Waals surface area contributed by atoms with E-state index in [1.807, 2.05) is 35.2 Å². The average molecular weight is 332 g/mol. The van der Waals surface area contributed by atoms with Gasteiger partial charge in [0, 0.05) is 25.1 Å². The summed E-state index contributed by atoms with van der Waals surface area (Å²) in [6.45, 7) is 1.75. The van der Waals surface area contributed by atoms with Crippen LogP contribution in [0.2, 0.25) is 0 Å². The van der Waals surface area contributed by atoms with Gasteiger partial charge in [0.2, 0.25) is 5.91 Å². The van der Waals surface area contributed by atoms with Crippen molar-refractivity contribution in [1.29, 1.82) is 0 Å². The first-order chi connectivity index (χ1) is 11.2. The van der Waals surface area contributed by atoms with Crippen molar-refractivity contribution in [3.63, 3.8) is 0 Å². The number of carbonyl (C=O) groups is 1. The molecule has 2 heterocycles. The van der Waals surface area contributed by atoms with Gasteiger partial charge in [0.05, 0.1) is 5.69 Å². The quantitative estimate of drug-likeness (QED) is 0.818. The predicted octanol–water partition coefficient (Wildman–Crippen LogP) is 4.28. The van der Waals surface area contributed by atoms with Crippen LogP contribution in [-0.4, -0.2) is 28.9 Å². The van der Waals surface area contributed by atoms with Gasteiger partial charge >= 0.3 is 0 Å². The number of piperidine rings is 1. The number of nitrogens with zero attached hydrogens (tertiary/aromatic N) is 2. The van der Waals surface area contributed by atoms with Crippen molar-refractivity contribution >= 4 is 17.2 Å². The van der Waals surface area contributed by atoms with Crippen molar-refractivity contribution in [2.75, 3.05) is 13.1 Å². The van der Waals surface area contributed by atoms with Crippen molar-refractivity contribution in [2.45, 2.75) is 38.5 Å². The number of likely N-dealkylation sites (tertiary alicyclic amines) is 1. The van der Waals surface area contributed by atoms with Crippen molar-refractivity contribution in [3.8, 4) is 10.6 Å². The molecule has 122 valence electrons. The molecule has 0 saturated carbocycles. The van der Waals surface area contributed by atoms with E-state index in [1.54, 1.807) is 0 Å². The molecule has 0 bridgehead atoms. The van der Waals surface area contributed by atoms with E-state index in [0.29, 0.717) is 30.0 Å². The molecule has 0 N–H and O–H groups in total. The highest BCUT2D eigenvalue weighted by atomic mass is 32.1. The topological polar surface area (TPSA) is 33.2 Å². The lowest BCUT2D eigenvalue weighted by molar-refractivity contribution is -0.132. The van der Waals surface area contributed by atoms with Crippen LogP contribution in [-0.2, 0) is 11.2 Å². The van der Waals surface area contributed by atoms with Gasteiger partial charge in [0.1, 0.15) is 5.01 Å². The third-order valence-electron chi connectivity index (χ3n) is 4.18. The molecule has 1 aliphatic heterocycles. The largest absolute Gasteiger partial charge is 0.343 e. The van der Waals surface area contributed by atoms with Crippen LogP contribution in [0.1, 0.15) is 37.8 Å². The van der Waals surface area contributed by atoms with Gasteiger partial charge in [-0.3, -0.25) is 4.79 Å². The number of thiazole rings is 1. The van der Waals surface area contributed by atoms with E-state index in [9.17, 15) is 9.18 Å². The number of amides is 1. The molecule has 3 rings (SSSR count). The first-order valence-corrected chi connectivity index (χ1v) is 9.04. The Labute approximate surface area is 140 Å². The van der Waals surface area contributed by atoms with Crippen LogP contribution in [0.3, 0.4) is 0 Å². The summed E-state index contributed by atoms with van der Waals surface area (Å²) in [6.07, 6.45) is 5.09. The van der Waals surface area contributed by atoms with E-state index < -0.39 is 0 Å². The lowest BCUT2D eigenvalue weighted by Crippen LogP contribution is -2.35. The summed E-state index contributed by atoms with van der Waals surface area (Å²) in [5.41, 5.74) is 1.42. The Balaban J connectivity index is 1.54. The third kappa shape index (κ3) is 4.16. The molecular formula is C18H21FN2OS. The zero-order chi connectivity index (χ0) is 16.1. The maximum Gasteiger partial charge on any atom is 0.222 e. The first kappa shape index (κ1) is 16.1. The zero-order valence-electron chi connectivity index (χ0n) is 13.1. The second-order valence-electron chi connectivity index (χ2n) is 5.90. The Morgan fingerprint density at radius 3 is 2.65 bits per heavy atom. The van der Waals surface area contributed by atoms with E-state index in [-0.39, 0.29) is 11.0 Å². The van der Waals surface area contributed by atoms with Gasteiger partial charge in [0.15, 0.2) is 5.13 Å². The Bertz CT molecular complexity index is 650. The maximum absolute atomic E-state index is 14.0. The SMILES string of the molecule is O=C(CCCc1nc(-c2ccccc2)sc1F)N1CCCCC1. The number of halogens is 1. The highest BCUT2D eigenvalue weighted by Gasteiger charge is 2.17. The molecule has 1 amide bonds. The lowest BCUT2D eigenvalue weighted by atomic mass is 10.1. The fourth-order valence-electron chi connectivity index (χ4n) is 2.90. The van der Waals surface area contributed by atoms with E-state index in [2.05, 4.69) is 4.98 Å². The summed E-state index contributed by atoms with van der Waals surface area (Å²) in [5.74, 6) is 0.198. The second kappa shape index (κ2) is 7.68. The fraction of sp³-hybridized carbons (Fsp3) is 0.444. The molecule has 1 aromatic heterocycles. The Hall–Kier alpha value is -1.75. The number of aryl methyl sites for hydroxylation is 1. The van der Waals surface area contributed by atoms with E-state index in [1.165, 1.54) is 6.42 Å². The number of hydrogen-bond donors (Lipinski definition) is 0. The van der Waals surface area contributed by atoms with Crippen LogP contribution in [0.25, 0.3) is 10.6 Å². The van der Waals surface area contributed by atoms with E-state index >= 15 is 0 Å². The molecule has 5 heteroatoms. The van der Waals surface area contributed by atoms with Gasteiger partial charge in [-0.15, -0.1) is 0 Å². The highest BCUT2D eigenvalue weighted by molar-refractivity contribution is 7.13. The van der Waals surface area contributed by atoms with Gasteiger partial charge < -0.3 is 4.90 Å². The second-order valence-corrected chi connectivity index (χ2v) is 6.85. The summed E-state index contributed by atoms with van der Waals surface area (Å²) < 4.78 is 14.0. The van der Waals surface area contributed by atoms with Crippen LogP contribution in [0, 0.1) is 5.13 Å². The van der Waals surface area contributed by atoms with Crippen molar-refractivity contribution in [3.05, 3.63) is 41.2 Å². The molecule has 1 saturated heterocycles. The third-order valence-corrected chi connectivity index (χ3v) is 5.12. The average Bonchev–Trinajstić information content (AvgIpc) is 2.97. The van der Waals surface area contributed by atoms with Gasteiger partial charge in [-0.25, -0.2) is 4.98 Å². The van der Waals surface area contributed by atoms with Gasteiger partial charge in [0.25, 0.3) is 0 Å². The summed E-state index contributed by atoms with van der Waals surface area (Å²) in [5, 5.41) is 0.481. The molecule has 0 unspecified atom stereocenters. The Morgan fingerprint density at radius 2 is 1.91 bits per heavy atom. The van der Waals surface area contributed by atoms with Crippen LogP contribution in [0.4, 0.5) is 4.39 Å². The number of aromatic nitrogens is 1. The van der Waals surface area contributed by atoms with Gasteiger partial charge in [-0.2, -0.15) is 4.39 Å². The standard InChI is InChI=1S/C18H21FN2OS/c19-17-15(20-18(23-17)14-8-3-1-4-9-14)10-7-11-16(22)21-12-5-2-6-13-21/h1,3-4,8-9H,2,5-7,10-13H2. The zero-order valence-corrected chi connectivity index (χ0v) is 13.9. The van der Waals surface area contributed by atoms with Gasteiger partial charge in [-0.1, -0.05) is 41.7 Å². The predicted molar refractivity (Wildman–Crippen MR) is 90.9 cm³/mol. The van der Waals surface area contributed by atoms with Crippen molar-refractivity contribution in [2.24, 2.45) is 0 Å². The van der Waals surface area contributed by atoms with Crippen LogP contribution < -0.4 is 0 Å². The molecule has 3 nitrogen and oxygen atoms in total. The van der Waals surface area contributed by atoms with Crippen molar-refractivity contribution < 1.29 is 9.18 Å². The van der Waals surface area contributed by atoms with E-state index in [4.69, 9.17) is 0 Å². The number of carbonyl (C=O) groups excluding carboxylic acids is 1. The molecule has 0 aliphatic carbocycles. The van der Waals surface area contributed by atoms with Crippen LogP contribution in [0.15, 0.2) is 30.3 Å². The van der Waals surface area contributed by atoms with Crippen molar-refractivity contribution in [1.82, 2.24) is 9.88 Å². The maximum atomic E-state index is 14.0. The molecule has 23 heavy (non-hydrogen) atoms. The number of rotatable bonds is 5. The monoisotopic (exact) mass is 332 g/mol. The fourth-order valence-corrected chi connectivity index (χ4v) is 3.75. The normalized spacial score (nSPS) is 14.9. The smallest absolute Gasteiger partial charge is 0.222 e. The lowest BCUT2D eigenvalue weighted by Gasteiger charge is -2.26. The summed E-state index contributed by atoms with van der Waals surface area (Å²) >= 11 is 1.08. The summed E-state index contributed by atoms with van der Waals surface area (Å²) in [7, 11) is 0. The summed E-state index contributed by atoms with van der Waals surface area (Å²) in [6, 6.07) is 9.64. The highest BCUT2D eigenvalue weighted by Crippen LogP contribution is 2.27. The van der Waals surface area contributed by atoms with E-state index in [0.717, 1.165) is 42.8 Å². The molecule has 0 atom stereocenters. The molecular weight excluding hydrogens is 311 g/mol. The molecule has 2 aromatic rings. The number of benzene rings is 1. The molecule has 0 radical (unpaired) electrons. The molecule has 0 spiro atoms. The molecule has 1 aromatic carbocycles. The minimum Gasteiger partial charge on any atom is -0.343 e. The van der Waals surface area contributed by atoms with Gasteiger partial charge in [-0.05, 0) is 32.1 Å². The van der Waals surface area contributed by atoms with Crippen LogP contribution >= 0.6 is 11.3 Å². The number of hydrogen-bond acceptors (Lipinski definition) is 3. The molecule has 1 fully saturated rings. The summed E-state index contributed by atoms with van der Waals surface area (Å²) in [4.78, 5) is 18.5.